The third-order valence-corrected chi connectivity index (χ3v) is 10.7. The molecule has 2 heterocycles. The third kappa shape index (κ3) is 4.81. The Balaban J connectivity index is 1.31. The van der Waals surface area contributed by atoms with E-state index in [9.17, 15) is 14.4 Å². The molecule has 1 saturated carbocycles. The number of hydrogen-bond donors (Lipinski definition) is 0. The van der Waals surface area contributed by atoms with Gasteiger partial charge in [0.2, 0.25) is 5.91 Å². The fourth-order valence-electron chi connectivity index (χ4n) is 8.86. The molecule has 238 valence electrons. The Morgan fingerprint density at radius 2 is 1.72 bits per heavy atom. The number of nitrogens with zero attached hydrogens (tertiary/aromatic N) is 2. The van der Waals surface area contributed by atoms with Gasteiger partial charge in [-0.2, -0.15) is 0 Å². The highest BCUT2D eigenvalue weighted by Crippen LogP contribution is 2.67. The van der Waals surface area contributed by atoms with Gasteiger partial charge in [-0.3, -0.25) is 19.3 Å². The summed E-state index contributed by atoms with van der Waals surface area (Å²) in [5.41, 5.74) is 2.71. The summed E-state index contributed by atoms with van der Waals surface area (Å²) in [7, 11) is 1.83. The second-order valence-corrected chi connectivity index (χ2v) is 13.1. The molecule has 5 atom stereocenters. The Bertz CT molecular complexity index is 1690. The highest BCUT2D eigenvalue weighted by molar-refractivity contribution is 5.92. The molecule has 1 saturated heterocycles. The molecular weight excluding hydrogens is 580 g/mol. The number of likely N-dealkylation sites (N-methyl/N-ethyl adjacent to an activating group) is 1. The monoisotopic (exact) mass is 620 g/mol. The van der Waals surface area contributed by atoms with Gasteiger partial charge in [0.05, 0.1) is 17.5 Å². The molecule has 3 aromatic rings. The van der Waals surface area contributed by atoms with Crippen molar-refractivity contribution in [2.24, 2.45) is 0 Å². The van der Waals surface area contributed by atoms with Crippen LogP contribution in [0.4, 0.5) is 0 Å². The topological polar surface area (TPSA) is 85.4 Å². The van der Waals surface area contributed by atoms with E-state index in [1.165, 1.54) is 19.4 Å². The fourth-order valence-corrected chi connectivity index (χ4v) is 8.86. The van der Waals surface area contributed by atoms with Gasteiger partial charge in [0, 0.05) is 39.1 Å². The van der Waals surface area contributed by atoms with E-state index in [0.717, 1.165) is 36.2 Å². The first kappa shape index (κ1) is 30.2. The number of amides is 1. The summed E-state index contributed by atoms with van der Waals surface area (Å²) in [6, 6.07) is 23.7. The van der Waals surface area contributed by atoms with Crippen LogP contribution in [-0.4, -0.2) is 71.6 Å². The van der Waals surface area contributed by atoms with Gasteiger partial charge in [0.1, 0.15) is 11.7 Å². The van der Waals surface area contributed by atoms with Crippen molar-refractivity contribution < 1.29 is 28.6 Å². The normalized spacial score (nSPS) is 27.4. The van der Waals surface area contributed by atoms with E-state index in [0.29, 0.717) is 37.2 Å². The number of ether oxygens (including phenoxy) is 3. The molecule has 4 aliphatic rings. The summed E-state index contributed by atoms with van der Waals surface area (Å²) in [5.74, 6) is 0.0248. The number of esters is 2. The Labute approximate surface area is 269 Å². The Hall–Kier alpha value is -4.43. The van der Waals surface area contributed by atoms with Crippen LogP contribution in [0.1, 0.15) is 55.4 Å². The number of carbonyl (C=O) groups excluding carboxylic acids is 3. The van der Waals surface area contributed by atoms with Gasteiger partial charge in [-0.1, -0.05) is 66.7 Å². The minimum atomic E-state index is -0.869. The van der Waals surface area contributed by atoms with Crippen LogP contribution in [0.3, 0.4) is 0 Å². The molecule has 1 amide bonds. The van der Waals surface area contributed by atoms with Crippen molar-refractivity contribution in [2.75, 3.05) is 20.1 Å². The number of benzene rings is 3. The van der Waals surface area contributed by atoms with Crippen LogP contribution in [0.25, 0.3) is 6.08 Å². The lowest BCUT2D eigenvalue weighted by atomic mass is 9.48. The average Bonchev–Trinajstić information content (AvgIpc) is 3.40. The second-order valence-electron chi connectivity index (χ2n) is 13.1. The fraction of sp³-hybridized carbons (Fsp3) is 0.395. The zero-order valence-corrected chi connectivity index (χ0v) is 26.6. The molecule has 8 heteroatoms. The van der Waals surface area contributed by atoms with Crippen molar-refractivity contribution in [1.29, 1.82) is 0 Å². The molecule has 2 bridgehead atoms. The molecular formula is C38H40N2O6. The Morgan fingerprint density at radius 3 is 2.43 bits per heavy atom. The van der Waals surface area contributed by atoms with E-state index in [-0.39, 0.29) is 24.0 Å². The molecule has 8 nitrogen and oxygen atoms in total. The van der Waals surface area contributed by atoms with E-state index in [4.69, 9.17) is 14.2 Å². The van der Waals surface area contributed by atoms with Crippen molar-refractivity contribution >= 4 is 23.9 Å². The van der Waals surface area contributed by atoms with Crippen LogP contribution in [0.15, 0.2) is 78.9 Å². The number of hydrogen-bond acceptors (Lipinski definition) is 7. The number of rotatable bonds is 8. The lowest BCUT2D eigenvalue weighted by Crippen LogP contribution is -2.79. The van der Waals surface area contributed by atoms with Gasteiger partial charge in [-0.05, 0) is 67.5 Å². The number of piperidine rings is 1. The SMILES string of the molecule is CC(=O)Oc1ccc2c3c1OC1C(N(C)C(=O)/C=C/c4ccccc4)CC[C@@]4(OC(C)=O)[C@@H](C2)N(CCc2ccccc2)CC[C@]314. The van der Waals surface area contributed by atoms with Gasteiger partial charge in [-0.25, -0.2) is 0 Å². The lowest BCUT2D eigenvalue weighted by Gasteiger charge is -2.65. The van der Waals surface area contributed by atoms with E-state index in [2.05, 4.69) is 29.2 Å². The van der Waals surface area contributed by atoms with Gasteiger partial charge < -0.3 is 19.1 Å². The maximum Gasteiger partial charge on any atom is 0.308 e. The second kappa shape index (κ2) is 11.7. The molecule has 7 rings (SSSR count). The van der Waals surface area contributed by atoms with E-state index >= 15 is 0 Å². The zero-order valence-electron chi connectivity index (χ0n) is 26.6. The van der Waals surface area contributed by atoms with Crippen LogP contribution >= 0.6 is 0 Å². The van der Waals surface area contributed by atoms with Gasteiger partial charge in [-0.15, -0.1) is 0 Å². The zero-order chi connectivity index (χ0) is 32.1. The van der Waals surface area contributed by atoms with Crippen molar-refractivity contribution in [2.45, 2.75) is 75.2 Å². The Morgan fingerprint density at radius 1 is 0.978 bits per heavy atom. The maximum atomic E-state index is 13.7. The molecule has 2 fully saturated rings. The Kier molecular flexibility index (Phi) is 7.71. The first-order valence-electron chi connectivity index (χ1n) is 16.2. The van der Waals surface area contributed by atoms with Gasteiger partial charge in [0.15, 0.2) is 11.5 Å². The molecule has 0 aromatic heterocycles. The van der Waals surface area contributed by atoms with E-state index in [1.54, 1.807) is 11.0 Å². The van der Waals surface area contributed by atoms with Crippen LogP contribution in [0, 0.1) is 0 Å². The molecule has 1 spiro atoms. The highest BCUT2D eigenvalue weighted by atomic mass is 16.6. The molecule has 2 aliphatic carbocycles. The summed E-state index contributed by atoms with van der Waals surface area (Å²) >= 11 is 0. The smallest absolute Gasteiger partial charge is 0.308 e. The quantitative estimate of drug-likeness (QED) is 0.196. The molecule has 3 aromatic carbocycles. The number of likely N-dealkylation sites (tertiary alicyclic amines) is 1. The standard InChI is InChI=1S/C38H40N2O6/c1-25(41)44-31-16-15-29-24-32-38(46-26(2)42)20-18-30(39(3)33(43)17-14-27-10-6-4-7-11-27)36-37(38,34(29)35(31)45-36)21-23-40(32)22-19-28-12-8-5-9-13-28/h4-17,30,32,36H,18-24H2,1-3H3/b17-14+/t30?,32-,36?,37+,38-/m1/s1. The molecule has 2 unspecified atom stereocenters. The van der Waals surface area contributed by atoms with Crippen molar-refractivity contribution in [1.82, 2.24) is 9.80 Å². The maximum absolute atomic E-state index is 13.7. The van der Waals surface area contributed by atoms with Crippen LogP contribution in [0.5, 0.6) is 11.5 Å². The van der Waals surface area contributed by atoms with Gasteiger partial charge >= 0.3 is 11.9 Å². The lowest BCUT2D eigenvalue weighted by molar-refractivity contribution is -0.223. The molecule has 0 N–H and O–H groups in total. The predicted octanol–water partition coefficient (Wildman–Crippen LogP) is 5.12. The van der Waals surface area contributed by atoms with E-state index in [1.807, 2.05) is 61.7 Å². The first-order chi connectivity index (χ1) is 22.2. The van der Waals surface area contributed by atoms with Crippen LogP contribution in [0.2, 0.25) is 0 Å². The first-order valence-corrected chi connectivity index (χ1v) is 16.2. The summed E-state index contributed by atoms with van der Waals surface area (Å²) in [5, 5.41) is 0. The average molecular weight is 621 g/mol. The predicted molar refractivity (Wildman–Crippen MR) is 173 cm³/mol. The van der Waals surface area contributed by atoms with Crippen LogP contribution < -0.4 is 9.47 Å². The number of carbonyl (C=O) groups is 3. The summed E-state index contributed by atoms with van der Waals surface area (Å²) in [6.07, 6.45) is 6.36. The molecule has 0 radical (unpaired) electrons. The highest BCUT2D eigenvalue weighted by Gasteiger charge is 2.75. The summed E-state index contributed by atoms with van der Waals surface area (Å²) in [6.45, 7) is 4.49. The van der Waals surface area contributed by atoms with Crippen molar-refractivity contribution in [3.63, 3.8) is 0 Å². The van der Waals surface area contributed by atoms with Crippen LogP contribution in [-0.2, 0) is 37.4 Å². The van der Waals surface area contributed by atoms with Gasteiger partial charge in [0.25, 0.3) is 0 Å². The van der Waals surface area contributed by atoms with E-state index < -0.39 is 23.1 Å². The molecule has 2 aliphatic heterocycles. The third-order valence-electron chi connectivity index (χ3n) is 10.7. The largest absolute Gasteiger partial charge is 0.483 e. The minimum Gasteiger partial charge on any atom is -0.483 e. The summed E-state index contributed by atoms with van der Waals surface area (Å²) in [4.78, 5) is 43.2. The minimum absolute atomic E-state index is 0.0714. The molecule has 46 heavy (non-hydrogen) atoms. The van der Waals surface area contributed by atoms with Crippen molar-refractivity contribution in [3.8, 4) is 11.5 Å². The van der Waals surface area contributed by atoms with Crippen molar-refractivity contribution in [3.05, 3.63) is 101 Å². The summed E-state index contributed by atoms with van der Waals surface area (Å²) < 4.78 is 19.2.